The zero-order chi connectivity index (χ0) is 6.12. The summed E-state index contributed by atoms with van der Waals surface area (Å²) in [5.41, 5.74) is 0. The third-order valence-electron chi connectivity index (χ3n) is 0.254. The molecule has 0 saturated carbocycles. The van der Waals surface area contributed by atoms with Crippen molar-refractivity contribution in [3.05, 3.63) is 12.3 Å². The molecule has 0 aliphatic heterocycles. The summed E-state index contributed by atoms with van der Waals surface area (Å²) in [5, 5.41) is 0. The van der Waals surface area contributed by atoms with Crippen LogP contribution in [-0.4, -0.2) is 6.72 Å². The van der Waals surface area contributed by atoms with E-state index in [0.717, 1.165) is 0 Å². The van der Waals surface area contributed by atoms with Gasteiger partial charge in [0.15, 0.2) is 0 Å². The van der Waals surface area contributed by atoms with E-state index in [1.165, 1.54) is 0 Å². The SMILES string of the molecule is C=N/C=C\C.CC. The molecule has 42 valence electrons. The number of hydrogen-bond donors (Lipinski definition) is 0. The summed E-state index contributed by atoms with van der Waals surface area (Å²) < 4.78 is 0. The van der Waals surface area contributed by atoms with E-state index in [9.17, 15) is 0 Å². The van der Waals surface area contributed by atoms with Crippen LogP contribution in [-0.2, 0) is 0 Å². The smallest absolute Gasteiger partial charge is 0.0217 e. The van der Waals surface area contributed by atoms with Crippen molar-refractivity contribution in [1.29, 1.82) is 0 Å². The maximum absolute atomic E-state index is 3.42. The van der Waals surface area contributed by atoms with E-state index in [-0.39, 0.29) is 0 Å². The molecule has 0 bridgehead atoms. The largest absolute Gasteiger partial charge is 0.273 e. The van der Waals surface area contributed by atoms with Gasteiger partial charge in [-0.05, 0) is 13.6 Å². The highest BCUT2D eigenvalue weighted by Crippen LogP contribution is 1.63. The Morgan fingerprint density at radius 1 is 1.43 bits per heavy atom. The standard InChI is InChI=1S/C4H7N.C2H6/c1-3-4-5-2;1-2/h3-4H,2H2,1H3;1-2H3/b4-3-;. The van der Waals surface area contributed by atoms with Crippen molar-refractivity contribution in [2.24, 2.45) is 4.99 Å². The van der Waals surface area contributed by atoms with Crippen LogP contribution < -0.4 is 0 Å². The molecule has 0 spiro atoms. The highest BCUT2D eigenvalue weighted by Gasteiger charge is 1.41. The summed E-state index contributed by atoms with van der Waals surface area (Å²) in [5.74, 6) is 0. The first-order chi connectivity index (χ1) is 3.41. The lowest BCUT2D eigenvalue weighted by molar-refractivity contribution is 1.50. The predicted octanol–water partition coefficient (Wildman–Crippen LogP) is 2.25. The molecule has 0 heterocycles. The Kier molecular flexibility index (Phi) is 25.0. The first-order valence-electron chi connectivity index (χ1n) is 2.49. The predicted molar refractivity (Wildman–Crippen MR) is 35.7 cm³/mol. The van der Waals surface area contributed by atoms with Crippen LogP contribution in [0.5, 0.6) is 0 Å². The van der Waals surface area contributed by atoms with Gasteiger partial charge in [-0.25, -0.2) is 0 Å². The molecule has 0 unspecified atom stereocenters. The average molecular weight is 99.2 g/mol. The van der Waals surface area contributed by atoms with Crippen LogP contribution in [0.25, 0.3) is 0 Å². The van der Waals surface area contributed by atoms with Gasteiger partial charge in [-0.2, -0.15) is 0 Å². The lowest BCUT2D eigenvalue weighted by atomic mass is 10.7. The molecule has 0 aromatic carbocycles. The molecule has 1 heteroatoms. The molecule has 0 aliphatic carbocycles. The molecule has 0 aromatic heterocycles. The molecule has 0 aliphatic rings. The van der Waals surface area contributed by atoms with E-state index in [2.05, 4.69) is 11.7 Å². The minimum absolute atomic E-state index is 1.64. The van der Waals surface area contributed by atoms with Crippen LogP contribution in [0.4, 0.5) is 0 Å². The van der Waals surface area contributed by atoms with Crippen molar-refractivity contribution in [3.63, 3.8) is 0 Å². The summed E-state index contributed by atoms with van der Waals surface area (Å²) in [6.07, 6.45) is 3.47. The zero-order valence-electron chi connectivity index (χ0n) is 5.31. The maximum Gasteiger partial charge on any atom is 0.0217 e. The maximum atomic E-state index is 3.42. The average Bonchev–Trinajstić information content (AvgIpc) is 1.75. The minimum atomic E-state index is 1.64. The van der Waals surface area contributed by atoms with Crippen LogP contribution in [0.15, 0.2) is 17.3 Å². The Labute approximate surface area is 45.8 Å². The zero-order valence-corrected chi connectivity index (χ0v) is 5.31. The molecule has 0 saturated heterocycles. The van der Waals surface area contributed by atoms with E-state index in [1.54, 1.807) is 6.20 Å². The molecule has 0 N–H and O–H groups in total. The first kappa shape index (κ1) is 9.65. The second kappa shape index (κ2) is 18.1. The minimum Gasteiger partial charge on any atom is -0.273 e. The van der Waals surface area contributed by atoms with Crippen molar-refractivity contribution in [3.8, 4) is 0 Å². The third kappa shape index (κ3) is 31.6. The highest BCUT2D eigenvalue weighted by atomic mass is 14.6. The van der Waals surface area contributed by atoms with Crippen LogP contribution in [0.2, 0.25) is 0 Å². The quantitative estimate of drug-likeness (QED) is 0.447. The van der Waals surface area contributed by atoms with Gasteiger partial charge in [-0.15, -0.1) is 0 Å². The molecule has 0 rings (SSSR count). The van der Waals surface area contributed by atoms with Crippen LogP contribution in [0.3, 0.4) is 0 Å². The second-order valence-corrected chi connectivity index (χ2v) is 0.665. The monoisotopic (exact) mass is 99.1 g/mol. The van der Waals surface area contributed by atoms with Crippen molar-refractivity contribution < 1.29 is 0 Å². The first-order valence-corrected chi connectivity index (χ1v) is 2.49. The summed E-state index contributed by atoms with van der Waals surface area (Å²) >= 11 is 0. The fraction of sp³-hybridized carbons (Fsp3) is 0.500. The number of rotatable bonds is 1. The van der Waals surface area contributed by atoms with Gasteiger partial charge < -0.3 is 0 Å². The fourth-order valence-electron chi connectivity index (χ4n) is 0.105. The lowest BCUT2D eigenvalue weighted by Gasteiger charge is -1.58. The van der Waals surface area contributed by atoms with Gasteiger partial charge in [0.2, 0.25) is 0 Å². The molecular formula is C6H13N. The van der Waals surface area contributed by atoms with E-state index in [4.69, 9.17) is 0 Å². The lowest BCUT2D eigenvalue weighted by Crippen LogP contribution is -1.36. The Morgan fingerprint density at radius 3 is 1.86 bits per heavy atom. The van der Waals surface area contributed by atoms with Gasteiger partial charge in [0, 0.05) is 6.20 Å². The van der Waals surface area contributed by atoms with E-state index < -0.39 is 0 Å². The number of aliphatic imine (C=N–C) groups is 1. The second-order valence-electron chi connectivity index (χ2n) is 0.665. The van der Waals surface area contributed by atoms with Crippen molar-refractivity contribution in [1.82, 2.24) is 0 Å². The normalized spacial score (nSPS) is 7.29. The van der Waals surface area contributed by atoms with Crippen molar-refractivity contribution in [2.75, 3.05) is 0 Å². The fourth-order valence-corrected chi connectivity index (χ4v) is 0.105. The molecule has 1 nitrogen and oxygen atoms in total. The third-order valence-corrected chi connectivity index (χ3v) is 0.254. The van der Waals surface area contributed by atoms with Crippen LogP contribution in [0.1, 0.15) is 20.8 Å². The highest BCUT2D eigenvalue weighted by molar-refractivity contribution is 5.25. The van der Waals surface area contributed by atoms with Gasteiger partial charge in [-0.1, -0.05) is 19.9 Å². The summed E-state index contributed by atoms with van der Waals surface area (Å²) in [4.78, 5) is 3.42. The summed E-state index contributed by atoms with van der Waals surface area (Å²) in [6, 6.07) is 0. The van der Waals surface area contributed by atoms with Gasteiger partial charge in [0.25, 0.3) is 0 Å². The molecule has 0 atom stereocenters. The summed E-state index contributed by atoms with van der Waals surface area (Å²) in [6.45, 7) is 9.11. The topological polar surface area (TPSA) is 12.4 Å². The van der Waals surface area contributed by atoms with Crippen molar-refractivity contribution >= 4 is 6.72 Å². The number of nitrogens with zero attached hydrogens (tertiary/aromatic N) is 1. The van der Waals surface area contributed by atoms with Gasteiger partial charge in [-0.3, -0.25) is 4.99 Å². The number of hydrogen-bond acceptors (Lipinski definition) is 1. The van der Waals surface area contributed by atoms with Gasteiger partial charge >= 0.3 is 0 Å². The molecule has 0 aromatic rings. The van der Waals surface area contributed by atoms with Crippen molar-refractivity contribution in [2.45, 2.75) is 20.8 Å². The Morgan fingerprint density at radius 2 is 1.86 bits per heavy atom. The molecular weight excluding hydrogens is 86.1 g/mol. The number of allylic oxidation sites excluding steroid dienone is 1. The van der Waals surface area contributed by atoms with Gasteiger partial charge in [0.05, 0.1) is 0 Å². The molecule has 7 heavy (non-hydrogen) atoms. The molecule has 0 radical (unpaired) electrons. The summed E-state index contributed by atoms with van der Waals surface area (Å²) in [7, 11) is 0. The molecule has 0 fully saturated rings. The van der Waals surface area contributed by atoms with E-state index >= 15 is 0 Å². The van der Waals surface area contributed by atoms with E-state index in [1.807, 2.05) is 26.8 Å². The molecule has 0 amide bonds. The van der Waals surface area contributed by atoms with Crippen LogP contribution >= 0.6 is 0 Å². The Balaban J connectivity index is 0. The van der Waals surface area contributed by atoms with Crippen LogP contribution in [0, 0.1) is 0 Å². The van der Waals surface area contributed by atoms with Gasteiger partial charge in [0.1, 0.15) is 0 Å². The Bertz CT molecular complexity index is 46.1. The Hall–Kier alpha value is -0.590. The van der Waals surface area contributed by atoms with E-state index in [0.29, 0.717) is 0 Å².